The molecule has 0 atom stereocenters. The van der Waals surface area contributed by atoms with E-state index >= 15 is 0 Å². The van der Waals surface area contributed by atoms with Crippen molar-refractivity contribution in [2.24, 2.45) is 0 Å². The van der Waals surface area contributed by atoms with Gasteiger partial charge in [0.25, 0.3) is 0 Å². The minimum absolute atomic E-state index is 0.585. The number of rotatable bonds is 3. The summed E-state index contributed by atoms with van der Waals surface area (Å²) in [4.78, 5) is 0. The molecule has 15 heavy (non-hydrogen) atoms. The van der Waals surface area contributed by atoms with Gasteiger partial charge in [-0.1, -0.05) is 30.3 Å². The van der Waals surface area contributed by atoms with E-state index in [2.05, 4.69) is 10.2 Å². The first-order valence-corrected chi connectivity index (χ1v) is 4.95. The molecule has 1 aromatic carbocycles. The van der Waals surface area contributed by atoms with Gasteiger partial charge in [-0.05, 0) is 19.4 Å². The Labute approximate surface area is 89.1 Å². The molecule has 0 fully saturated rings. The first-order chi connectivity index (χ1) is 7.27. The van der Waals surface area contributed by atoms with E-state index in [4.69, 9.17) is 4.74 Å². The summed E-state index contributed by atoms with van der Waals surface area (Å²) in [6.07, 6.45) is 0. The number of aromatic nitrogens is 2. The van der Waals surface area contributed by atoms with Gasteiger partial charge in [0.1, 0.15) is 12.3 Å². The van der Waals surface area contributed by atoms with Gasteiger partial charge in [0.15, 0.2) is 5.75 Å². The van der Waals surface area contributed by atoms with E-state index in [1.54, 1.807) is 0 Å². The molecule has 78 valence electrons. The third kappa shape index (κ3) is 2.18. The molecular weight excluding hydrogens is 188 g/mol. The molecule has 1 N–H and O–H groups in total. The number of nitrogens with one attached hydrogen (secondary N) is 1. The number of hydrogen-bond acceptors (Lipinski definition) is 2. The number of hydrogen-bond donors (Lipinski definition) is 1. The first kappa shape index (κ1) is 9.77. The molecule has 1 aromatic heterocycles. The quantitative estimate of drug-likeness (QED) is 0.830. The minimum atomic E-state index is 0.585. The molecule has 0 amide bonds. The van der Waals surface area contributed by atoms with Crippen LogP contribution in [0.4, 0.5) is 0 Å². The van der Waals surface area contributed by atoms with Crippen LogP contribution in [0.25, 0.3) is 0 Å². The topological polar surface area (TPSA) is 37.9 Å². The van der Waals surface area contributed by atoms with Crippen LogP contribution in [0.3, 0.4) is 0 Å². The lowest BCUT2D eigenvalue weighted by molar-refractivity contribution is 0.302. The van der Waals surface area contributed by atoms with Crippen molar-refractivity contribution < 1.29 is 4.74 Å². The average Bonchev–Trinajstić information content (AvgIpc) is 2.58. The highest BCUT2D eigenvalue weighted by atomic mass is 16.5. The molecule has 1 heterocycles. The van der Waals surface area contributed by atoms with Crippen molar-refractivity contribution in [3.05, 3.63) is 47.3 Å². The standard InChI is InChI=1S/C12H14N2O/c1-9-12(10(2)14-13-9)15-8-11-6-4-3-5-7-11/h3-7H,8H2,1-2H3,(H,13,14). The molecule has 0 unspecified atom stereocenters. The highest BCUT2D eigenvalue weighted by Gasteiger charge is 2.06. The third-order valence-electron chi connectivity index (χ3n) is 2.29. The Kier molecular flexibility index (Phi) is 2.72. The fourth-order valence-corrected chi connectivity index (χ4v) is 1.48. The van der Waals surface area contributed by atoms with Crippen molar-refractivity contribution in [2.45, 2.75) is 20.5 Å². The van der Waals surface area contributed by atoms with E-state index in [-0.39, 0.29) is 0 Å². The van der Waals surface area contributed by atoms with Crippen molar-refractivity contribution in [1.29, 1.82) is 0 Å². The number of H-pyrrole nitrogens is 1. The van der Waals surface area contributed by atoms with E-state index in [0.29, 0.717) is 6.61 Å². The second-order valence-electron chi connectivity index (χ2n) is 3.54. The molecule has 0 aliphatic carbocycles. The van der Waals surface area contributed by atoms with Crippen molar-refractivity contribution in [2.75, 3.05) is 0 Å². The van der Waals surface area contributed by atoms with Crippen LogP contribution in [0, 0.1) is 13.8 Å². The Balaban J connectivity index is 2.05. The number of nitrogens with zero attached hydrogens (tertiary/aromatic N) is 1. The van der Waals surface area contributed by atoms with Crippen LogP contribution in [-0.2, 0) is 6.61 Å². The molecule has 0 bridgehead atoms. The Morgan fingerprint density at radius 3 is 2.53 bits per heavy atom. The zero-order valence-electron chi connectivity index (χ0n) is 8.95. The van der Waals surface area contributed by atoms with Crippen LogP contribution in [0.1, 0.15) is 17.0 Å². The van der Waals surface area contributed by atoms with Gasteiger partial charge in [0.2, 0.25) is 0 Å². The largest absolute Gasteiger partial charge is 0.485 e. The maximum absolute atomic E-state index is 5.70. The van der Waals surface area contributed by atoms with E-state index in [9.17, 15) is 0 Å². The SMILES string of the molecule is Cc1n[nH]c(C)c1OCc1ccccc1. The number of ether oxygens (including phenoxy) is 1. The van der Waals surface area contributed by atoms with Crippen molar-refractivity contribution in [1.82, 2.24) is 10.2 Å². The predicted molar refractivity (Wildman–Crippen MR) is 58.8 cm³/mol. The highest BCUT2D eigenvalue weighted by Crippen LogP contribution is 2.20. The summed E-state index contributed by atoms with van der Waals surface area (Å²) in [7, 11) is 0. The zero-order chi connectivity index (χ0) is 10.7. The lowest BCUT2D eigenvalue weighted by Gasteiger charge is -2.05. The summed E-state index contributed by atoms with van der Waals surface area (Å²) in [5, 5.41) is 6.98. The summed E-state index contributed by atoms with van der Waals surface area (Å²) in [6, 6.07) is 10.1. The molecule has 3 heteroatoms. The summed E-state index contributed by atoms with van der Waals surface area (Å²) in [5.41, 5.74) is 3.05. The van der Waals surface area contributed by atoms with E-state index in [1.165, 1.54) is 0 Å². The second kappa shape index (κ2) is 4.17. The summed E-state index contributed by atoms with van der Waals surface area (Å²) in [6.45, 7) is 4.48. The van der Waals surface area contributed by atoms with Gasteiger partial charge < -0.3 is 4.74 Å². The summed E-state index contributed by atoms with van der Waals surface area (Å²) < 4.78 is 5.70. The van der Waals surface area contributed by atoms with Crippen LogP contribution < -0.4 is 4.74 Å². The fourth-order valence-electron chi connectivity index (χ4n) is 1.48. The second-order valence-corrected chi connectivity index (χ2v) is 3.54. The van der Waals surface area contributed by atoms with Crippen LogP contribution in [0.5, 0.6) is 5.75 Å². The number of aromatic amines is 1. The molecule has 0 spiro atoms. The van der Waals surface area contributed by atoms with Crippen molar-refractivity contribution in [3.63, 3.8) is 0 Å². The molecule has 2 aromatic rings. The lowest BCUT2D eigenvalue weighted by Crippen LogP contribution is -1.96. The van der Waals surface area contributed by atoms with Crippen molar-refractivity contribution >= 4 is 0 Å². The van der Waals surface area contributed by atoms with Gasteiger partial charge >= 0.3 is 0 Å². The van der Waals surface area contributed by atoms with Crippen LogP contribution in [0.2, 0.25) is 0 Å². The van der Waals surface area contributed by atoms with Gasteiger partial charge in [-0.15, -0.1) is 0 Å². The highest BCUT2D eigenvalue weighted by molar-refractivity contribution is 5.31. The Morgan fingerprint density at radius 2 is 1.93 bits per heavy atom. The van der Waals surface area contributed by atoms with Crippen LogP contribution >= 0.6 is 0 Å². The van der Waals surface area contributed by atoms with Crippen LogP contribution in [0.15, 0.2) is 30.3 Å². The van der Waals surface area contributed by atoms with Gasteiger partial charge in [-0.25, -0.2) is 0 Å². The molecule has 0 saturated heterocycles. The molecule has 3 nitrogen and oxygen atoms in total. The molecule has 2 rings (SSSR count). The van der Waals surface area contributed by atoms with E-state index in [0.717, 1.165) is 22.7 Å². The Morgan fingerprint density at radius 1 is 1.20 bits per heavy atom. The molecule has 0 aliphatic heterocycles. The third-order valence-corrected chi connectivity index (χ3v) is 2.29. The molecule has 0 aliphatic rings. The maximum Gasteiger partial charge on any atom is 0.163 e. The zero-order valence-corrected chi connectivity index (χ0v) is 8.95. The fraction of sp³-hybridized carbons (Fsp3) is 0.250. The smallest absolute Gasteiger partial charge is 0.163 e. The van der Waals surface area contributed by atoms with Crippen LogP contribution in [-0.4, -0.2) is 10.2 Å². The summed E-state index contributed by atoms with van der Waals surface area (Å²) in [5.74, 6) is 0.860. The van der Waals surface area contributed by atoms with Gasteiger partial charge in [-0.2, -0.15) is 5.10 Å². The van der Waals surface area contributed by atoms with Crippen molar-refractivity contribution in [3.8, 4) is 5.75 Å². The monoisotopic (exact) mass is 202 g/mol. The number of benzene rings is 1. The lowest BCUT2D eigenvalue weighted by atomic mass is 10.2. The molecular formula is C12H14N2O. The van der Waals surface area contributed by atoms with Gasteiger partial charge in [0, 0.05) is 0 Å². The summed E-state index contributed by atoms with van der Waals surface area (Å²) >= 11 is 0. The maximum atomic E-state index is 5.70. The van der Waals surface area contributed by atoms with Gasteiger partial charge in [0.05, 0.1) is 5.69 Å². The number of aryl methyl sites for hydroxylation is 2. The molecule has 0 radical (unpaired) electrons. The minimum Gasteiger partial charge on any atom is -0.485 e. The predicted octanol–water partition coefficient (Wildman–Crippen LogP) is 2.61. The Bertz CT molecular complexity index is 415. The Hall–Kier alpha value is -1.77. The first-order valence-electron chi connectivity index (χ1n) is 4.95. The van der Waals surface area contributed by atoms with E-state index < -0.39 is 0 Å². The normalized spacial score (nSPS) is 10.3. The molecule has 0 saturated carbocycles. The van der Waals surface area contributed by atoms with E-state index in [1.807, 2.05) is 44.2 Å². The average molecular weight is 202 g/mol. The van der Waals surface area contributed by atoms with Gasteiger partial charge in [-0.3, -0.25) is 5.10 Å².